The molecular formula is C13H11N3O5S. The molecule has 0 bridgehead atoms. The Hall–Kier alpha value is -2.94. The number of hydrogen-bond acceptors (Lipinski definition) is 5. The second-order valence-corrected chi connectivity index (χ2v) is 5.95. The zero-order valence-corrected chi connectivity index (χ0v) is 11.9. The summed E-state index contributed by atoms with van der Waals surface area (Å²) in [6.45, 7) is 0. The second-order valence-electron chi connectivity index (χ2n) is 4.27. The van der Waals surface area contributed by atoms with E-state index in [0.717, 1.165) is 24.3 Å². The zero-order valence-electron chi connectivity index (χ0n) is 11.1. The highest BCUT2D eigenvalue weighted by molar-refractivity contribution is 7.92. The lowest BCUT2D eigenvalue weighted by Gasteiger charge is -2.10. The zero-order chi connectivity index (χ0) is 16.3. The van der Waals surface area contributed by atoms with Crippen molar-refractivity contribution in [2.24, 2.45) is 5.73 Å². The summed E-state index contributed by atoms with van der Waals surface area (Å²) in [5.74, 6) is -0.776. The molecule has 2 aromatic rings. The minimum absolute atomic E-state index is 0.0213. The van der Waals surface area contributed by atoms with Crippen LogP contribution in [0.1, 0.15) is 10.4 Å². The van der Waals surface area contributed by atoms with Gasteiger partial charge in [0, 0.05) is 12.1 Å². The van der Waals surface area contributed by atoms with Gasteiger partial charge >= 0.3 is 0 Å². The summed E-state index contributed by atoms with van der Waals surface area (Å²) in [7, 11) is -3.99. The summed E-state index contributed by atoms with van der Waals surface area (Å²) in [6.07, 6.45) is 0. The number of non-ortho nitro benzene ring substituents is 1. The number of nitrogens with zero attached hydrogens (tertiary/aromatic N) is 1. The van der Waals surface area contributed by atoms with Crippen LogP contribution >= 0.6 is 0 Å². The lowest BCUT2D eigenvalue weighted by atomic mass is 10.2. The summed E-state index contributed by atoms with van der Waals surface area (Å²) in [6, 6.07) is 10.2. The summed E-state index contributed by atoms with van der Waals surface area (Å²) in [5.41, 5.74) is 5.01. The molecule has 0 spiro atoms. The molecule has 0 heterocycles. The fraction of sp³-hybridized carbons (Fsp3) is 0. The number of nitrogens with two attached hydrogens (primary N) is 1. The fourth-order valence-electron chi connectivity index (χ4n) is 1.74. The number of nitrogens with one attached hydrogen (secondary N) is 1. The first-order valence-electron chi connectivity index (χ1n) is 5.97. The monoisotopic (exact) mass is 321 g/mol. The lowest BCUT2D eigenvalue weighted by Crippen LogP contribution is -2.18. The Labute approximate surface area is 125 Å². The minimum Gasteiger partial charge on any atom is -0.366 e. The number of amides is 1. The molecule has 2 aromatic carbocycles. The molecule has 9 heteroatoms. The average molecular weight is 321 g/mol. The molecule has 0 atom stereocenters. The predicted octanol–water partition coefficient (Wildman–Crippen LogP) is 1.49. The number of nitro benzene ring substituents is 1. The van der Waals surface area contributed by atoms with Gasteiger partial charge in [-0.15, -0.1) is 0 Å². The van der Waals surface area contributed by atoms with Gasteiger partial charge in [0.25, 0.3) is 21.6 Å². The molecule has 0 aliphatic carbocycles. The van der Waals surface area contributed by atoms with E-state index in [9.17, 15) is 23.3 Å². The van der Waals surface area contributed by atoms with E-state index in [1.54, 1.807) is 12.1 Å². The highest BCUT2D eigenvalue weighted by atomic mass is 32.2. The SMILES string of the molecule is NC(=O)c1ccccc1NS(=O)(=O)c1ccc([N+](=O)[O-])cc1. The first kappa shape index (κ1) is 15.4. The van der Waals surface area contributed by atoms with E-state index in [2.05, 4.69) is 4.72 Å². The van der Waals surface area contributed by atoms with Crippen LogP contribution in [-0.4, -0.2) is 19.2 Å². The Morgan fingerprint density at radius 3 is 2.23 bits per heavy atom. The fourth-order valence-corrected chi connectivity index (χ4v) is 2.82. The number of anilines is 1. The normalized spacial score (nSPS) is 10.9. The van der Waals surface area contributed by atoms with E-state index >= 15 is 0 Å². The first-order valence-corrected chi connectivity index (χ1v) is 7.46. The smallest absolute Gasteiger partial charge is 0.269 e. The summed E-state index contributed by atoms with van der Waals surface area (Å²) < 4.78 is 26.7. The van der Waals surface area contributed by atoms with E-state index in [0.29, 0.717) is 0 Å². The van der Waals surface area contributed by atoms with E-state index in [1.165, 1.54) is 12.1 Å². The topological polar surface area (TPSA) is 132 Å². The molecule has 114 valence electrons. The minimum atomic E-state index is -3.99. The van der Waals surface area contributed by atoms with Gasteiger partial charge in [0.05, 0.1) is 21.1 Å². The van der Waals surface area contributed by atoms with Crippen molar-refractivity contribution < 1.29 is 18.1 Å². The van der Waals surface area contributed by atoms with Crippen molar-refractivity contribution in [2.75, 3.05) is 4.72 Å². The number of para-hydroxylation sites is 1. The molecule has 0 aromatic heterocycles. The Kier molecular flexibility index (Phi) is 4.08. The van der Waals surface area contributed by atoms with Crippen molar-refractivity contribution in [3.63, 3.8) is 0 Å². The molecule has 3 N–H and O–H groups in total. The third kappa shape index (κ3) is 3.20. The van der Waals surface area contributed by atoms with Gasteiger partial charge in [-0.2, -0.15) is 0 Å². The van der Waals surface area contributed by atoms with Gasteiger partial charge in [-0.1, -0.05) is 12.1 Å². The number of rotatable bonds is 5. The molecule has 0 saturated carbocycles. The van der Waals surface area contributed by atoms with Crippen molar-refractivity contribution >= 4 is 27.3 Å². The van der Waals surface area contributed by atoms with Gasteiger partial charge in [-0.3, -0.25) is 19.6 Å². The molecule has 0 aliphatic rings. The summed E-state index contributed by atoms with van der Waals surface area (Å²) in [4.78, 5) is 21.0. The number of benzene rings is 2. The molecular weight excluding hydrogens is 310 g/mol. The quantitative estimate of drug-likeness (QED) is 0.636. The maximum Gasteiger partial charge on any atom is 0.269 e. The molecule has 2 rings (SSSR count). The number of sulfonamides is 1. The van der Waals surface area contributed by atoms with Crippen LogP contribution in [0.2, 0.25) is 0 Å². The number of nitro groups is 1. The molecule has 0 radical (unpaired) electrons. The third-order valence-electron chi connectivity index (χ3n) is 2.79. The molecule has 0 aliphatic heterocycles. The van der Waals surface area contributed by atoms with Crippen LogP contribution in [0.3, 0.4) is 0 Å². The van der Waals surface area contributed by atoms with Crippen molar-refractivity contribution in [2.45, 2.75) is 4.90 Å². The number of hydrogen-bond donors (Lipinski definition) is 2. The molecule has 22 heavy (non-hydrogen) atoms. The van der Waals surface area contributed by atoms with E-state index in [1.807, 2.05) is 0 Å². The maximum absolute atomic E-state index is 12.2. The lowest BCUT2D eigenvalue weighted by molar-refractivity contribution is -0.384. The van der Waals surface area contributed by atoms with Crippen LogP contribution in [0.5, 0.6) is 0 Å². The van der Waals surface area contributed by atoms with Crippen LogP contribution < -0.4 is 10.5 Å². The highest BCUT2D eigenvalue weighted by Crippen LogP contribution is 2.21. The van der Waals surface area contributed by atoms with Crippen LogP contribution in [0.25, 0.3) is 0 Å². The van der Waals surface area contributed by atoms with Crippen molar-refractivity contribution in [3.8, 4) is 0 Å². The number of primary amides is 1. The Morgan fingerprint density at radius 2 is 1.68 bits per heavy atom. The van der Waals surface area contributed by atoms with Gasteiger partial charge in [0.2, 0.25) is 0 Å². The number of carbonyl (C=O) groups excluding carboxylic acids is 1. The molecule has 8 nitrogen and oxygen atoms in total. The average Bonchev–Trinajstić information content (AvgIpc) is 2.47. The third-order valence-corrected chi connectivity index (χ3v) is 4.18. The van der Waals surface area contributed by atoms with Crippen LogP contribution in [0, 0.1) is 10.1 Å². The van der Waals surface area contributed by atoms with Gasteiger partial charge in [0.1, 0.15) is 0 Å². The van der Waals surface area contributed by atoms with Crippen LogP contribution in [-0.2, 0) is 10.0 Å². The Balaban J connectivity index is 2.36. The van der Waals surface area contributed by atoms with E-state index in [-0.39, 0.29) is 21.8 Å². The summed E-state index contributed by atoms with van der Waals surface area (Å²) in [5, 5.41) is 10.6. The standard InChI is InChI=1S/C13H11N3O5S/c14-13(17)11-3-1-2-4-12(11)15-22(20,21)10-7-5-9(6-8-10)16(18)19/h1-8,15H,(H2,14,17). The van der Waals surface area contributed by atoms with E-state index in [4.69, 9.17) is 5.73 Å². The molecule has 0 fully saturated rings. The maximum atomic E-state index is 12.2. The Morgan fingerprint density at radius 1 is 1.09 bits per heavy atom. The molecule has 0 unspecified atom stereocenters. The first-order chi connectivity index (χ1) is 10.3. The largest absolute Gasteiger partial charge is 0.366 e. The predicted molar refractivity (Wildman–Crippen MR) is 78.9 cm³/mol. The van der Waals surface area contributed by atoms with Crippen molar-refractivity contribution in [1.29, 1.82) is 0 Å². The number of carbonyl (C=O) groups is 1. The second kappa shape index (κ2) is 5.82. The van der Waals surface area contributed by atoms with Crippen molar-refractivity contribution in [1.82, 2.24) is 0 Å². The molecule has 0 saturated heterocycles. The van der Waals surface area contributed by atoms with E-state index < -0.39 is 20.9 Å². The highest BCUT2D eigenvalue weighted by Gasteiger charge is 2.18. The van der Waals surface area contributed by atoms with Gasteiger partial charge < -0.3 is 5.73 Å². The van der Waals surface area contributed by atoms with Gasteiger partial charge in [0.15, 0.2) is 0 Å². The van der Waals surface area contributed by atoms with Gasteiger partial charge in [-0.25, -0.2) is 8.42 Å². The van der Waals surface area contributed by atoms with Crippen molar-refractivity contribution in [3.05, 3.63) is 64.2 Å². The van der Waals surface area contributed by atoms with Crippen LogP contribution in [0.4, 0.5) is 11.4 Å². The van der Waals surface area contributed by atoms with Crippen LogP contribution in [0.15, 0.2) is 53.4 Å². The Bertz CT molecular complexity index is 831. The van der Waals surface area contributed by atoms with Gasteiger partial charge in [-0.05, 0) is 24.3 Å². The summed E-state index contributed by atoms with van der Waals surface area (Å²) >= 11 is 0. The molecule has 1 amide bonds.